The molecule has 0 spiro atoms. The zero-order valence-corrected chi connectivity index (χ0v) is 19.2. The fraction of sp³-hybridized carbons (Fsp3) is 0.440. The van der Waals surface area contributed by atoms with E-state index in [0.717, 1.165) is 16.7 Å². The van der Waals surface area contributed by atoms with Gasteiger partial charge in [-0.1, -0.05) is 24.3 Å². The summed E-state index contributed by atoms with van der Waals surface area (Å²) in [5, 5.41) is 0. The van der Waals surface area contributed by atoms with Gasteiger partial charge in [-0.2, -0.15) is 0 Å². The van der Waals surface area contributed by atoms with E-state index in [1.165, 1.54) is 0 Å². The zero-order chi connectivity index (χ0) is 23.3. The molecule has 172 valence electrons. The average Bonchev–Trinajstić information content (AvgIpc) is 2.82. The first-order valence-electron chi connectivity index (χ1n) is 10.7. The molecule has 0 radical (unpaired) electrons. The minimum Gasteiger partial charge on any atom is -0.493 e. The molecule has 7 nitrogen and oxygen atoms in total. The van der Waals surface area contributed by atoms with Gasteiger partial charge in [-0.05, 0) is 55.5 Å². The number of rotatable bonds is 8. The molecule has 2 aromatic carbocycles. The number of hydrogen-bond acceptors (Lipinski definition) is 7. The lowest BCUT2D eigenvalue weighted by Crippen LogP contribution is -2.47. The van der Waals surface area contributed by atoms with Crippen molar-refractivity contribution in [1.29, 1.82) is 0 Å². The van der Waals surface area contributed by atoms with Crippen molar-refractivity contribution >= 4 is 11.9 Å². The lowest BCUT2D eigenvalue weighted by molar-refractivity contribution is -0.173. The summed E-state index contributed by atoms with van der Waals surface area (Å²) < 4.78 is 27.3. The maximum absolute atomic E-state index is 13.2. The molecule has 0 N–H and O–H groups in total. The molecule has 0 amide bonds. The summed E-state index contributed by atoms with van der Waals surface area (Å²) in [5.41, 5.74) is 1.33. The highest BCUT2D eigenvalue weighted by molar-refractivity contribution is 6.01. The molecule has 32 heavy (non-hydrogen) atoms. The first-order chi connectivity index (χ1) is 15.4. The smallest absolute Gasteiger partial charge is 0.323 e. The summed E-state index contributed by atoms with van der Waals surface area (Å²) in [6, 6.07) is 11.5. The summed E-state index contributed by atoms with van der Waals surface area (Å²) >= 11 is 0. The van der Waals surface area contributed by atoms with Crippen molar-refractivity contribution in [3.05, 3.63) is 53.1 Å². The first kappa shape index (κ1) is 23.4. The second kappa shape index (κ2) is 9.94. The average molecular weight is 443 g/mol. The molecule has 0 aromatic heterocycles. The fourth-order valence-corrected chi connectivity index (χ4v) is 4.42. The molecule has 0 saturated carbocycles. The third kappa shape index (κ3) is 4.11. The number of methoxy groups -OCH3 is 3. The van der Waals surface area contributed by atoms with E-state index in [9.17, 15) is 9.59 Å². The molecular weight excluding hydrogens is 412 g/mol. The number of esters is 2. The summed E-state index contributed by atoms with van der Waals surface area (Å²) in [7, 11) is 4.65. The van der Waals surface area contributed by atoms with Crippen molar-refractivity contribution in [3.8, 4) is 17.2 Å². The van der Waals surface area contributed by atoms with Crippen molar-refractivity contribution in [2.75, 3.05) is 34.5 Å². The van der Waals surface area contributed by atoms with Gasteiger partial charge in [0.05, 0.1) is 34.5 Å². The van der Waals surface area contributed by atoms with Crippen LogP contribution < -0.4 is 14.2 Å². The zero-order valence-electron chi connectivity index (χ0n) is 19.2. The standard InChI is InChI=1S/C25H30O7/c1-6-31-23(26)25(24(27)32-7-2)14-16-10-8-9-11-18(16)19(15-25)17-12-20(28-3)22(30-5)21(13-17)29-4/h8-13,19H,6-7,14-15H2,1-5H3. The molecule has 1 unspecified atom stereocenters. The Kier molecular flexibility index (Phi) is 7.28. The van der Waals surface area contributed by atoms with Crippen LogP contribution in [0.5, 0.6) is 17.2 Å². The molecular formula is C25H30O7. The molecule has 0 bridgehead atoms. The molecule has 7 heteroatoms. The lowest BCUT2D eigenvalue weighted by Gasteiger charge is -2.38. The van der Waals surface area contributed by atoms with Gasteiger partial charge < -0.3 is 23.7 Å². The highest BCUT2D eigenvalue weighted by Gasteiger charge is 2.53. The maximum Gasteiger partial charge on any atom is 0.323 e. The van der Waals surface area contributed by atoms with Crippen LogP contribution in [0.1, 0.15) is 42.9 Å². The van der Waals surface area contributed by atoms with Gasteiger partial charge >= 0.3 is 11.9 Å². The fourth-order valence-electron chi connectivity index (χ4n) is 4.42. The van der Waals surface area contributed by atoms with E-state index in [1.54, 1.807) is 35.2 Å². The minimum absolute atomic E-state index is 0.177. The van der Waals surface area contributed by atoms with Crippen LogP contribution in [0.4, 0.5) is 0 Å². The topological polar surface area (TPSA) is 80.3 Å². The molecule has 0 aliphatic heterocycles. The van der Waals surface area contributed by atoms with E-state index in [-0.39, 0.29) is 32.0 Å². The summed E-state index contributed by atoms with van der Waals surface area (Å²) in [6.07, 6.45) is 0.433. The van der Waals surface area contributed by atoms with E-state index in [2.05, 4.69) is 0 Å². The number of ether oxygens (including phenoxy) is 5. The first-order valence-corrected chi connectivity index (χ1v) is 10.7. The number of benzene rings is 2. The van der Waals surface area contributed by atoms with Gasteiger partial charge in [-0.25, -0.2) is 0 Å². The maximum atomic E-state index is 13.2. The number of fused-ring (bicyclic) bond motifs is 1. The van der Waals surface area contributed by atoms with Crippen molar-refractivity contribution < 1.29 is 33.3 Å². The number of carbonyl (C=O) groups excluding carboxylic acids is 2. The third-order valence-corrected chi connectivity index (χ3v) is 5.90. The van der Waals surface area contributed by atoms with Gasteiger partial charge in [0.2, 0.25) is 5.75 Å². The van der Waals surface area contributed by atoms with Gasteiger partial charge in [-0.15, -0.1) is 0 Å². The van der Waals surface area contributed by atoms with Gasteiger partial charge in [0.1, 0.15) is 0 Å². The summed E-state index contributed by atoms with van der Waals surface area (Å²) in [5.74, 6) is 0.0636. The van der Waals surface area contributed by atoms with Crippen molar-refractivity contribution in [3.63, 3.8) is 0 Å². The van der Waals surface area contributed by atoms with Crippen molar-refractivity contribution in [2.24, 2.45) is 5.41 Å². The number of hydrogen-bond donors (Lipinski definition) is 0. The van der Waals surface area contributed by atoms with Gasteiger partial charge in [0.15, 0.2) is 16.9 Å². The SMILES string of the molecule is CCOC(=O)C1(C(=O)OCC)Cc2ccccc2C(c2cc(OC)c(OC)c(OC)c2)C1. The van der Waals surface area contributed by atoms with Crippen LogP contribution in [0.15, 0.2) is 36.4 Å². The Morgan fingerprint density at radius 2 is 1.47 bits per heavy atom. The molecule has 2 aromatic rings. The van der Waals surface area contributed by atoms with Crippen LogP contribution in [0.3, 0.4) is 0 Å². The molecule has 3 rings (SSSR count). The van der Waals surface area contributed by atoms with E-state index >= 15 is 0 Å². The Bertz CT molecular complexity index is 939. The molecule has 1 aliphatic carbocycles. The Labute approximate surface area is 188 Å². The minimum atomic E-state index is -1.44. The van der Waals surface area contributed by atoms with Gasteiger partial charge in [-0.3, -0.25) is 9.59 Å². The highest BCUT2D eigenvalue weighted by atomic mass is 16.6. The monoisotopic (exact) mass is 442 g/mol. The van der Waals surface area contributed by atoms with Crippen LogP contribution in [0.2, 0.25) is 0 Å². The Hall–Kier alpha value is -3.22. The number of carbonyl (C=O) groups is 2. The summed E-state index contributed by atoms with van der Waals surface area (Å²) in [4.78, 5) is 26.4. The van der Waals surface area contributed by atoms with Crippen LogP contribution in [-0.2, 0) is 25.5 Å². The molecule has 0 heterocycles. The van der Waals surface area contributed by atoms with Crippen LogP contribution in [0.25, 0.3) is 0 Å². The van der Waals surface area contributed by atoms with Crippen molar-refractivity contribution in [1.82, 2.24) is 0 Å². The van der Waals surface area contributed by atoms with Crippen LogP contribution >= 0.6 is 0 Å². The van der Waals surface area contributed by atoms with Gasteiger partial charge in [0, 0.05) is 5.92 Å². The molecule has 1 aliphatic rings. The highest BCUT2D eigenvalue weighted by Crippen LogP contribution is 2.50. The normalized spacial score (nSPS) is 16.5. The Morgan fingerprint density at radius 3 is 1.97 bits per heavy atom. The van der Waals surface area contributed by atoms with E-state index in [4.69, 9.17) is 23.7 Å². The molecule has 0 fully saturated rings. The van der Waals surface area contributed by atoms with E-state index in [0.29, 0.717) is 17.2 Å². The van der Waals surface area contributed by atoms with E-state index in [1.807, 2.05) is 36.4 Å². The van der Waals surface area contributed by atoms with Crippen LogP contribution in [-0.4, -0.2) is 46.5 Å². The molecule has 1 atom stereocenters. The second-order valence-electron chi connectivity index (χ2n) is 7.61. The quantitative estimate of drug-likeness (QED) is 0.453. The third-order valence-electron chi connectivity index (χ3n) is 5.90. The lowest BCUT2D eigenvalue weighted by atomic mass is 9.65. The van der Waals surface area contributed by atoms with E-state index < -0.39 is 17.4 Å². The Morgan fingerprint density at radius 1 is 0.906 bits per heavy atom. The van der Waals surface area contributed by atoms with Crippen molar-refractivity contribution in [2.45, 2.75) is 32.6 Å². The van der Waals surface area contributed by atoms with Gasteiger partial charge in [0.25, 0.3) is 0 Å². The predicted molar refractivity (Wildman–Crippen MR) is 118 cm³/mol. The Balaban J connectivity index is 2.21. The molecule has 0 saturated heterocycles. The summed E-state index contributed by atoms with van der Waals surface area (Å²) in [6.45, 7) is 3.81. The van der Waals surface area contributed by atoms with Crippen LogP contribution in [0, 0.1) is 5.41 Å². The predicted octanol–water partition coefficient (Wildman–Crippen LogP) is 3.90. The largest absolute Gasteiger partial charge is 0.493 e. The second-order valence-corrected chi connectivity index (χ2v) is 7.61.